The lowest BCUT2D eigenvalue weighted by Gasteiger charge is -2.11. The Bertz CT molecular complexity index is 378. The molecule has 0 radical (unpaired) electrons. The van der Waals surface area contributed by atoms with Crippen LogP contribution in [-0.2, 0) is 17.3 Å². The van der Waals surface area contributed by atoms with E-state index in [9.17, 15) is 21.9 Å². The normalized spacial score (nSPS) is 14.0. The molecule has 1 aromatic carbocycles. The highest BCUT2D eigenvalue weighted by molar-refractivity contribution is 7.79. The molecule has 0 aliphatic rings. The van der Waals surface area contributed by atoms with Crippen molar-refractivity contribution in [1.82, 2.24) is 0 Å². The molecular formula is C7H5F3NO2S-. The van der Waals surface area contributed by atoms with Crippen LogP contribution in [0.25, 0.3) is 0 Å². The first-order valence-corrected chi connectivity index (χ1v) is 4.45. The third-order valence-corrected chi connectivity index (χ3v) is 2.07. The van der Waals surface area contributed by atoms with Gasteiger partial charge >= 0.3 is 6.18 Å². The Labute approximate surface area is 80.0 Å². The minimum atomic E-state index is -4.59. The minimum absolute atomic E-state index is 0.237. The second-order valence-electron chi connectivity index (χ2n) is 2.52. The topological polar surface area (TPSA) is 66.2 Å². The van der Waals surface area contributed by atoms with Crippen molar-refractivity contribution < 1.29 is 21.9 Å². The molecule has 0 aliphatic heterocycles. The van der Waals surface area contributed by atoms with Gasteiger partial charge in [0.25, 0.3) is 0 Å². The van der Waals surface area contributed by atoms with Crippen molar-refractivity contribution in [1.29, 1.82) is 0 Å². The van der Waals surface area contributed by atoms with E-state index < -0.39 is 27.7 Å². The molecule has 0 aromatic heterocycles. The first-order valence-electron chi connectivity index (χ1n) is 3.38. The molecule has 1 rings (SSSR count). The average molecular weight is 224 g/mol. The molecule has 0 saturated heterocycles. The molecule has 0 heterocycles. The fraction of sp³-hybridized carbons (Fsp3) is 0.143. The molecule has 0 fully saturated rings. The zero-order valence-corrected chi connectivity index (χ0v) is 7.48. The molecule has 78 valence electrons. The summed E-state index contributed by atoms with van der Waals surface area (Å²) in [4.78, 5) is -0.475. The van der Waals surface area contributed by atoms with Crippen molar-refractivity contribution in [3.63, 3.8) is 0 Å². The summed E-state index contributed by atoms with van der Waals surface area (Å²) in [6.07, 6.45) is -4.59. The van der Waals surface area contributed by atoms with Gasteiger partial charge in [-0.1, -0.05) is 0 Å². The summed E-state index contributed by atoms with van der Waals surface area (Å²) >= 11 is -2.71. The maximum Gasteiger partial charge on any atom is 0.416 e. The lowest BCUT2D eigenvalue weighted by molar-refractivity contribution is -0.137. The van der Waals surface area contributed by atoms with Crippen molar-refractivity contribution >= 4 is 16.8 Å². The first-order chi connectivity index (χ1) is 6.30. The van der Waals surface area contributed by atoms with E-state index in [4.69, 9.17) is 5.73 Å². The Kier molecular flexibility index (Phi) is 2.81. The van der Waals surface area contributed by atoms with E-state index in [-0.39, 0.29) is 5.69 Å². The first kappa shape index (κ1) is 11.0. The third-order valence-electron chi connectivity index (χ3n) is 1.45. The SMILES string of the molecule is Nc1cc(S(=O)[O-])cc(C(F)(F)F)c1. The average Bonchev–Trinajstić information content (AvgIpc) is 2.01. The monoisotopic (exact) mass is 224 g/mol. The van der Waals surface area contributed by atoms with Crippen LogP contribution in [0.4, 0.5) is 18.9 Å². The van der Waals surface area contributed by atoms with Crippen LogP contribution in [0, 0.1) is 0 Å². The zero-order valence-electron chi connectivity index (χ0n) is 6.67. The number of halogens is 3. The van der Waals surface area contributed by atoms with Crippen LogP contribution in [0.2, 0.25) is 0 Å². The molecule has 0 saturated carbocycles. The van der Waals surface area contributed by atoms with Gasteiger partial charge in [0.2, 0.25) is 0 Å². The van der Waals surface area contributed by atoms with Crippen LogP contribution < -0.4 is 5.73 Å². The highest BCUT2D eigenvalue weighted by atomic mass is 32.2. The maximum absolute atomic E-state index is 12.2. The van der Waals surface area contributed by atoms with E-state index in [0.717, 1.165) is 6.07 Å². The fourth-order valence-electron chi connectivity index (χ4n) is 0.882. The number of rotatable bonds is 1. The summed E-state index contributed by atoms with van der Waals surface area (Å²) in [6, 6.07) is 2.16. The summed E-state index contributed by atoms with van der Waals surface area (Å²) in [5, 5.41) is 0. The van der Waals surface area contributed by atoms with Gasteiger partial charge in [-0.05, 0) is 29.3 Å². The Balaban J connectivity index is 3.28. The molecule has 1 aromatic rings. The van der Waals surface area contributed by atoms with Crippen LogP contribution >= 0.6 is 0 Å². The van der Waals surface area contributed by atoms with Crippen LogP contribution in [0.1, 0.15) is 5.56 Å². The Morgan fingerprint density at radius 1 is 1.29 bits per heavy atom. The van der Waals surface area contributed by atoms with Gasteiger partial charge in [-0.25, -0.2) is 0 Å². The second-order valence-corrected chi connectivity index (χ2v) is 3.46. The van der Waals surface area contributed by atoms with E-state index >= 15 is 0 Å². The van der Waals surface area contributed by atoms with Crippen molar-refractivity contribution in [2.45, 2.75) is 11.1 Å². The van der Waals surface area contributed by atoms with Gasteiger partial charge in [0, 0.05) is 10.6 Å². The third kappa shape index (κ3) is 2.46. The summed E-state index contributed by atoms with van der Waals surface area (Å²) in [6.45, 7) is 0. The van der Waals surface area contributed by atoms with Crippen molar-refractivity contribution in [2.24, 2.45) is 0 Å². The van der Waals surface area contributed by atoms with Crippen LogP contribution in [0.15, 0.2) is 23.1 Å². The van der Waals surface area contributed by atoms with Crippen LogP contribution in [0.3, 0.4) is 0 Å². The number of nitrogens with two attached hydrogens (primary N) is 1. The van der Waals surface area contributed by atoms with Gasteiger partial charge in [-0.15, -0.1) is 0 Å². The predicted octanol–water partition coefficient (Wildman–Crippen LogP) is 1.53. The molecule has 0 aliphatic carbocycles. The molecule has 3 nitrogen and oxygen atoms in total. The molecule has 0 spiro atoms. The number of hydrogen-bond donors (Lipinski definition) is 1. The van der Waals surface area contributed by atoms with E-state index in [2.05, 4.69) is 0 Å². The predicted molar refractivity (Wildman–Crippen MR) is 43.0 cm³/mol. The molecule has 1 unspecified atom stereocenters. The minimum Gasteiger partial charge on any atom is -0.768 e. The smallest absolute Gasteiger partial charge is 0.416 e. The summed E-state index contributed by atoms with van der Waals surface area (Å²) < 4.78 is 57.3. The van der Waals surface area contributed by atoms with Gasteiger partial charge in [0.05, 0.1) is 5.56 Å². The fourth-order valence-corrected chi connectivity index (χ4v) is 1.34. The molecule has 1 atom stereocenters. The number of nitrogen functional groups attached to an aromatic ring is 1. The molecular weight excluding hydrogens is 219 g/mol. The number of benzene rings is 1. The number of hydrogen-bond acceptors (Lipinski definition) is 3. The van der Waals surface area contributed by atoms with E-state index in [1.54, 1.807) is 0 Å². The van der Waals surface area contributed by atoms with Gasteiger partial charge < -0.3 is 10.3 Å². The molecule has 2 N–H and O–H groups in total. The van der Waals surface area contributed by atoms with Gasteiger partial charge in [0.15, 0.2) is 0 Å². The Morgan fingerprint density at radius 3 is 2.29 bits per heavy atom. The summed E-state index contributed by atoms with van der Waals surface area (Å²) in [5.41, 5.74) is 3.81. The Hall–Kier alpha value is -1.08. The summed E-state index contributed by atoms with van der Waals surface area (Å²) in [5.74, 6) is 0. The molecule has 0 bridgehead atoms. The van der Waals surface area contributed by atoms with Crippen LogP contribution in [-0.4, -0.2) is 8.76 Å². The second kappa shape index (κ2) is 3.58. The van der Waals surface area contributed by atoms with Gasteiger partial charge in [-0.3, -0.25) is 4.21 Å². The molecule has 7 heteroatoms. The molecule has 0 amide bonds. The van der Waals surface area contributed by atoms with Crippen molar-refractivity contribution in [2.75, 3.05) is 5.73 Å². The molecule has 14 heavy (non-hydrogen) atoms. The highest BCUT2D eigenvalue weighted by Crippen LogP contribution is 2.31. The quantitative estimate of drug-likeness (QED) is 0.581. The number of anilines is 1. The lowest BCUT2D eigenvalue weighted by atomic mass is 10.2. The van der Waals surface area contributed by atoms with Crippen LogP contribution in [0.5, 0.6) is 0 Å². The van der Waals surface area contributed by atoms with Crippen molar-refractivity contribution in [3.8, 4) is 0 Å². The highest BCUT2D eigenvalue weighted by Gasteiger charge is 2.31. The largest absolute Gasteiger partial charge is 0.768 e. The lowest BCUT2D eigenvalue weighted by Crippen LogP contribution is -2.07. The Morgan fingerprint density at radius 2 is 1.86 bits per heavy atom. The van der Waals surface area contributed by atoms with Gasteiger partial charge in [-0.2, -0.15) is 13.2 Å². The van der Waals surface area contributed by atoms with Gasteiger partial charge in [0.1, 0.15) is 0 Å². The van der Waals surface area contributed by atoms with E-state index in [1.807, 2.05) is 0 Å². The van der Waals surface area contributed by atoms with E-state index in [0.29, 0.717) is 12.1 Å². The number of alkyl halides is 3. The van der Waals surface area contributed by atoms with Crippen molar-refractivity contribution in [3.05, 3.63) is 23.8 Å². The zero-order chi connectivity index (χ0) is 10.9. The maximum atomic E-state index is 12.2. The van der Waals surface area contributed by atoms with E-state index in [1.165, 1.54) is 0 Å². The summed E-state index contributed by atoms with van der Waals surface area (Å²) in [7, 11) is 0. The standard InChI is InChI=1S/C7H6F3NO2S/c8-7(9,10)4-1-5(11)3-6(2-4)14(12)13/h1-3H,11H2,(H,12,13)/p-1.